The molecule has 30 heavy (non-hydrogen) atoms. The second kappa shape index (κ2) is 8.03. The molecule has 0 bridgehead atoms. The van der Waals surface area contributed by atoms with Gasteiger partial charge in [0.2, 0.25) is 0 Å². The van der Waals surface area contributed by atoms with Gasteiger partial charge in [-0.05, 0) is 29.5 Å². The summed E-state index contributed by atoms with van der Waals surface area (Å²) < 4.78 is 7.92. The van der Waals surface area contributed by atoms with Gasteiger partial charge < -0.3 is 4.74 Å². The average Bonchev–Trinajstić information content (AvgIpc) is 3.11. The Hall–Kier alpha value is -3.60. The molecular formula is C25H24N2O3. The number of methoxy groups -OCH3 is 1. The zero-order valence-corrected chi connectivity index (χ0v) is 17.1. The van der Waals surface area contributed by atoms with Crippen LogP contribution in [0, 0.1) is 0 Å². The fraction of sp³-hybridized carbons (Fsp3) is 0.200. The lowest BCUT2D eigenvalue weighted by molar-refractivity contribution is 0.0589. The zero-order valence-electron chi connectivity index (χ0n) is 17.1. The molecule has 0 saturated heterocycles. The van der Waals surface area contributed by atoms with E-state index in [-0.39, 0.29) is 11.4 Å². The van der Waals surface area contributed by atoms with Gasteiger partial charge in [0.05, 0.1) is 7.11 Å². The first-order valence-corrected chi connectivity index (χ1v) is 9.96. The lowest BCUT2D eigenvalue weighted by Crippen LogP contribution is -2.44. The number of hydrogen-bond donors (Lipinski definition) is 0. The van der Waals surface area contributed by atoms with Gasteiger partial charge in [0, 0.05) is 13.2 Å². The summed E-state index contributed by atoms with van der Waals surface area (Å²) in [5.74, 6) is -0.545. The van der Waals surface area contributed by atoms with Crippen molar-refractivity contribution in [1.29, 1.82) is 0 Å². The molecular weight excluding hydrogens is 376 g/mol. The molecule has 1 aromatic heterocycles. The molecule has 1 aliphatic rings. The second-order valence-corrected chi connectivity index (χ2v) is 7.30. The van der Waals surface area contributed by atoms with Gasteiger partial charge >= 0.3 is 11.7 Å². The summed E-state index contributed by atoms with van der Waals surface area (Å²) in [6.45, 7) is 0. The highest BCUT2D eigenvalue weighted by atomic mass is 16.5. The minimum Gasteiger partial charge on any atom is -0.464 e. The monoisotopic (exact) mass is 400 g/mol. The third kappa shape index (κ3) is 3.03. The van der Waals surface area contributed by atoms with Gasteiger partial charge in [-0.1, -0.05) is 78.9 Å². The third-order valence-corrected chi connectivity index (χ3v) is 5.66. The molecule has 0 atom stereocenters. The molecule has 0 aliphatic heterocycles. The van der Waals surface area contributed by atoms with Crippen LogP contribution in [-0.2, 0) is 17.3 Å². The van der Waals surface area contributed by atoms with Crippen molar-refractivity contribution in [3.8, 4) is 0 Å². The van der Waals surface area contributed by atoms with E-state index in [0.717, 1.165) is 29.5 Å². The number of allylic oxidation sites excluding steroid dienone is 4. The average molecular weight is 400 g/mol. The van der Waals surface area contributed by atoms with Crippen molar-refractivity contribution in [2.24, 2.45) is 7.05 Å². The Morgan fingerprint density at radius 3 is 2.07 bits per heavy atom. The molecule has 0 spiro atoms. The van der Waals surface area contributed by atoms with Crippen molar-refractivity contribution in [2.75, 3.05) is 7.11 Å². The van der Waals surface area contributed by atoms with Crippen LogP contribution < -0.4 is 5.69 Å². The van der Waals surface area contributed by atoms with Crippen LogP contribution in [0.4, 0.5) is 0 Å². The van der Waals surface area contributed by atoms with E-state index in [2.05, 4.69) is 18.2 Å². The van der Waals surface area contributed by atoms with Crippen LogP contribution in [0.5, 0.6) is 0 Å². The molecule has 152 valence electrons. The topological polar surface area (TPSA) is 53.2 Å². The van der Waals surface area contributed by atoms with Crippen LogP contribution in [0.2, 0.25) is 0 Å². The van der Waals surface area contributed by atoms with Crippen LogP contribution in [-0.4, -0.2) is 22.2 Å². The zero-order chi connectivity index (χ0) is 21.1. The van der Waals surface area contributed by atoms with E-state index in [0.29, 0.717) is 0 Å². The smallest absolute Gasteiger partial charge is 0.356 e. The van der Waals surface area contributed by atoms with E-state index in [1.807, 2.05) is 60.7 Å². The Labute approximate surface area is 175 Å². The molecule has 0 fully saturated rings. The van der Waals surface area contributed by atoms with Crippen molar-refractivity contribution in [1.82, 2.24) is 9.13 Å². The molecule has 0 amide bonds. The highest BCUT2D eigenvalue weighted by molar-refractivity contribution is 5.87. The highest BCUT2D eigenvalue weighted by Crippen LogP contribution is 2.42. The highest BCUT2D eigenvalue weighted by Gasteiger charge is 2.41. The van der Waals surface area contributed by atoms with Crippen molar-refractivity contribution < 1.29 is 9.53 Å². The van der Waals surface area contributed by atoms with Gasteiger partial charge in [-0.2, -0.15) is 0 Å². The molecule has 0 N–H and O–H groups in total. The van der Waals surface area contributed by atoms with Gasteiger partial charge in [0.15, 0.2) is 0 Å². The number of imidazole rings is 1. The molecule has 0 radical (unpaired) electrons. The molecule has 5 nitrogen and oxygen atoms in total. The quantitative estimate of drug-likeness (QED) is 0.608. The Morgan fingerprint density at radius 2 is 1.57 bits per heavy atom. The first-order valence-electron chi connectivity index (χ1n) is 9.96. The number of rotatable bonds is 5. The van der Waals surface area contributed by atoms with Crippen LogP contribution in [0.3, 0.4) is 0 Å². The van der Waals surface area contributed by atoms with E-state index >= 15 is 0 Å². The minimum atomic E-state index is -0.916. The summed E-state index contributed by atoms with van der Waals surface area (Å²) >= 11 is 0. The lowest BCUT2D eigenvalue weighted by Gasteiger charge is -2.38. The van der Waals surface area contributed by atoms with Gasteiger partial charge in [-0.3, -0.25) is 9.13 Å². The van der Waals surface area contributed by atoms with E-state index < -0.39 is 11.5 Å². The largest absolute Gasteiger partial charge is 0.464 e. The fourth-order valence-electron chi connectivity index (χ4n) is 4.22. The predicted octanol–water partition coefficient (Wildman–Crippen LogP) is 4.04. The Bertz CT molecular complexity index is 1130. The molecule has 0 saturated carbocycles. The normalized spacial score (nSPS) is 13.7. The molecule has 4 rings (SSSR count). The van der Waals surface area contributed by atoms with Gasteiger partial charge in [0.1, 0.15) is 11.2 Å². The van der Waals surface area contributed by atoms with E-state index in [1.54, 1.807) is 17.8 Å². The molecule has 3 aromatic rings. The van der Waals surface area contributed by atoms with Crippen molar-refractivity contribution >= 4 is 5.97 Å². The van der Waals surface area contributed by atoms with Gasteiger partial charge in [0.25, 0.3) is 0 Å². The molecule has 5 heteroatoms. The number of ether oxygens (including phenoxy) is 1. The maximum Gasteiger partial charge on any atom is 0.356 e. The summed E-state index contributed by atoms with van der Waals surface area (Å²) in [5, 5.41) is 0. The Balaban J connectivity index is 2.14. The fourth-order valence-corrected chi connectivity index (χ4v) is 4.22. The van der Waals surface area contributed by atoms with Crippen LogP contribution in [0.25, 0.3) is 0 Å². The van der Waals surface area contributed by atoms with Gasteiger partial charge in [-0.25, -0.2) is 9.59 Å². The number of aromatic nitrogens is 2. The first-order chi connectivity index (χ1) is 14.6. The maximum absolute atomic E-state index is 13.5. The number of nitrogens with zero attached hydrogens (tertiary/aromatic N) is 2. The number of carbonyl (C=O) groups excluding carboxylic acids is 1. The third-order valence-electron chi connectivity index (χ3n) is 5.66. The van der Waals surface area contributed by atoms with E-state index in [1.165, 1.54) is 11.7 Å². The van der Waals surface area contributed by atoms with Crippen molar-refractivity contribution in [3.63, 3.8) is 0 Å². The SMILES string of the molecule is COC(=O)c1cn(C(C2=CCCC=C2)(c2ccccc2)c2ccccc2)c(=O)n1C. The van der Waals surface area contributed by atoms with Crippen LogP contribution in [0.15, 0.2) is 95.5 Å². The van der Waals surface area contributed by atoms with Crippen molar-refractivity contribution in [2.45, 2.75) is 18.4 Å². The minimum absolute atomic E-state index is 0.208. The van der Waals surface area contributed by atoms with E-state index in [4.69, 9.17) is 4.74 Å². The predicted molar refractivity (Wildman–Crippen MR) is 117 cm³/mol. The number of carbonyl (C=O) groups is 1. The molecule has 1 aliphatic carbocycles. The summed E-state index contributed by atoms with van der Waals surface area (Å²) in [5.41, 5.74) is 1.88. The summed E-state index contributed by atoms with van der Waals surface area (Å²) in [7, 11) is 2.91. The van der Waals surface area contributed by atoms with E-state index in [9.17, 15) is 9.59 Å². The number of hydrogen-bond acceptors (Lipinski definition) is 3. The van der Waals surface area contributed by atoms with Crippen molar-refractivity contribution in [3.05, 3.63) is 118 Å². The van der Waals surface area contributed by atoms with Gasteiger partial charge in [-0.15, -0.1) is 0 Å². The summed E-state index contributed by atoms with van der Waals surface area (Å²) in [6.07, 6.45) is 9.85. The second-order valence-electron chi connectivity index (χ2n) is 7.30. The summed E-state index contributed by atoms with van der Waals surface area (Å²) in [6, 6.07) is 19.9. The molecule has 0 unspecified atom stereocenters. The standard InChI is InChI=1S/C25H24N2O3/c1-26-22(23(28)30-2)18-27(24(26)29)25(19-12-6-3-7-13-19,20-14-8-4-9-15-20)21-16-10-5-11-17-21/h3-4,6-10,12-18H,5,11H2,1-2H3. The maximum atomic E-state index is 13.5. The Morgan fingerprint density at radius 1 is 0.967 bits per heavy atom. The van der Waals surface area contributed by atoms with Crippen LogP contribution in [0.1, 0.15) is 34.5 Å². The molecule has 2 aromatic carbocycles. The van der Waals surface area contributed by atoms with Crippen LogP contribution >= 0.6 is 0 Å². The Kier molecular flexibility index (Phi) is 5.27. The lowest BCUT2D eigenvalue weighted by atomic mass is 9.74. The molecule has 1 heterocycles. The number of esters is 1. The number of benzene rings is 2. The first kappa shape index (κ1) is 19.7. The summed E-state index contributed by atoms with van der Waals surface area (Å²) in [4.78, 5) is 25.9.